The van der Waals surface area contributed by atoms with Gasteiger partial charge in [0, 0.05) is 11.4 Å². The van der Waals surface area contributed by atoms with Crippen molar-refractivity contribution >= 4 is 17.4 Å². The zero-order valence-corrected chi connectivity index (χ0v) is 12.4. The highest BCUT2D eigenvalue weighted by molar-refractivity contribution is 6.31. The maximum atomic E-state index is 13.2. The van der Waals surface area contributed by atoms with Gasteiger partial charge in [0.1, 0.15) is 17.3 Å². The van der Waals surface area contributed by atoms with Crippen molar-refractivity contribution in [3.63, 3.8) is 0 Å². The van der Waals surface area contributed by atoms with Crippen LogP contribution in [0.3, 0.4) is 0 Å². The molecule has 0 radical (unpaired) electrons. The Morgan fingerprint density at radius 3 is 2.57 bits per heavy atom. The topological polar surface area (TPSA) is 35.5 Å². The van der Waals surface area contributed by atoms with Crippen molar-refractivity contribution in [2.45, 2.75) is 6.42 Å². The SMILES string of the molecule is COc1ccc(OC)c(C(=O)Cc2cc(F)ccc2Cl)c1. The van der Waals surface area contributed by atoms with Gasteiger partial charge in [-0.3, -0.25) is 4.79 Å². The predicted octanol–water partition coefficient (Wildman–Crippen LogP) is 3.92. The van der Waals surface area contributed by atoms with E-state index in [1.807, 2.05) is 0 Å². The Morgan fingerprint density at radius 2 is 1.90 bits per heavy atom. The van der Waals surface area contributed by atoms with Crippen molar-refractivity contribution in [1.29, 1.82) is 0 Å². The third kappa shape index (κ3) is 3.52. The van der Waals surface area contributed by atoms with Gasteiger partial charge in [-0.1, -0.05) is 11.6 Å². The summed E-state index contributed by atoms with van der Waals surface area (Å²) in [6.07, 6.45) is -0.0138. The lowest BCUT2D eigenvalue weighted by atomic mass is 10.0. The molecule has 0 heterocycles. The fraction of sp³-hybridized carbons (Fsp3) is 0.188. The summed E-state index contributed by atoms with van der Waals surface area (Å²) < 4.78 is 23.5. The number of carbonyl (C=O) groups is 1. The lowest BCUT2D eigenvalue weighted by molar-refractivity contribution is 0.0989. The maximum Gasteiger partial charge on any atom is 0.171 e. The summed E-state index contributed by atoms with van der Waals surface area (Å²) >= 11 is 5.99. The van der Waals surface area contributed by atoms with Crippen molar-refractivity contribution in [2.75, 3.05) is 14.2 Å². The highest BCUT2D eigenvalue weighted by Crippen LogP contribution is 2.26. The number of methoxy groups -OCH3 is 2. The Morgan fingerprint density at radius 1 is 1.14 bits per heavy atom. The van der Waals surface area contributed by atoms with Crippen molar-refractivity contribution in [1.82, 2.24) is 0 Å². The number of ether oxygens (including phenoxy) is 2. The molecule has 0 saturated carbocycles. The summed E-state index contributed by atoms with van der Waals surface area (Å²) in [7, 11) is 2.99. The number of rotatable bonds is 5. The van der Waals surface area contributed by atoms with Gasteiger partial charge in [-0.25, -0.2) is 4.39 Å². The highest BCUT2D eigenvalue weighted by atomic mass is 35.5. The molecule has 2 aromatic carbocycles. The molecule has 0 fully saturated rings. The first kappa shape index (κ1) is 15.3. The fourth-order valence-corrected chi connectivity index (χ4v) is 2.16. The van der Waals surface area contributed by atoms with E-state index in [1.165, 1.54) is 32.4 Å². The fourth-order valence-electron chi connectivity index (χ4n) is 1.98. The summed E-state index contributed by atoms with van der Waals surface area (Å²) in [5.74, 6) is 0.330. The zero-order valence-electron chi connectivity index (χ0n) is 11.7. The van der Waals surface area contributed by atoms with Crippen molar-refractivity contribution in [3.05, 3.63) is 58.4 Å². The molecule has 0 amide bonds. The minimum atomic E-state index is -0.431. The van der Waals surface area contributed by atoms with Crippen LogP contribution in [0.5, 0.6) is 11.5 Å². The van der Waals surface area contributed by atoms with Crippen LogP contribution in [0.15, 0.2) is 36.4 Å². The van der Waals surface area contributed by atoms with E-state index in [-0.39, 0.29) is 12.2 Å². The first-order chi connectivity index (χ1) is 10.0. The summed E-state index contributed by atoms with van der Waals surface area (Å²) in [5.41, 5.74) is 0.809. The number of halogens is 2. The summed E-state index contributed by atoms with van der Waals surface area (Å²) in [6.45, 7) is 0. The van der Waals surface area contributed by atoms with Crippen molar-refractivity contribution in [3.8, 4) is 11.5 Å². The minimum absolute atomic E-state index is 0.0138. The van der Waals surface area contributed by atoms with Crippen LogP contribution in [0, 0.1) is 5.82 Å². The van der Waals surface area contributed by atoms with E-state index in [9.17, 15) is 9.18 Å². The summed E-state index contributed by atoms with van der Waals surface area (Å²) in [4.78, 5) is 12.4. The molecular weight excluding hydrogens is 295 g/mol. The van der Waals surface area contributed by atoms with E-state index in [0.717, 1.165) is 0 Å². The Kier molecular flexibility index (Phi) is 4.81. The molecule has 0 N–H and O–H groups in total. The number of ketones is 1. The number of carbonyl (C=O) groups excluding carboxylic acids is 1. The molecule has 0 aliphatic carbocycles. The van der Waals surface area contributed by atoms with Crippen LogP contribution in [0.1, 0.15) is 15.9 Å². The summed E-state index contributed by atoms with van der Waals surface area (Å²) in [5, 5.41) is 0.353. The molecule has 5 heteroatoms. The number of hydrogen-bond donors (Lipinski definition) is 0. The molecule has 0 aliphatic rings. The first-order valence-corrected chi connectivity index (χ1v) is 6.62. The normalized spacial score (nSPS) is 10.3. The maximum absolute atomic E-state index is 13.2. The lowest BCUT2D eigenvalue weighted by Gasteiger charge is -2.10. The van der Waals surface area contributed by atoms with E-state index in [4.69, 9.17) is 21.1 Å². The van der Waals surface area contributed by atoms with E-state index >= 15 is 0 Å². The second-order valence-corrected chi connectivity index (χ2v) is 4.81. The molecule has 2 rings (SSSR count). The van der Waals surface area contributed by atoms with Crippen LogP contribution in [0.4, 0.5) is 4.39 Å². The third-order valence-corrected chi connectivity index (χ3v) is 3.43. The van der Waals surface area contributed by atoms with Crippen molar-refractivity contribution in [2.24, 2.45) is 0 Å². The third-order valence-electron chi connectivity index (χ3n) is 3.07. The molecule has 2 aromatic rings. The van der Waals surface area contributed by atoms with Gasteiger partial charge in [0.25, 0.3) is 0 Å². The number of Topliss-reactive ketones (excluding diaryl/α,β-unsaturated/α-hetero) is 1. The average molecular weight is 309 g/mol. The molecule has 0 spiro atoms. The van der Waals surface area contributed by atoms with Crippen LogP contribution in [0.25, 0.3) is 0 Å². The Balaban J connectivity index is 2.33. The molecule has 0 atom stereocenters. The van der Waals surface area contributed by atoms with Gasteiger partial charge in [-0.2, -0.15) is 0 Å². The second kappa shape index (κ2) is 6.59. The van der Waals surface area contributed by atoms with Gasteiger partial charge < -0.3 is 9.47 Å². The van der Waals surface area contributed by atoms with Crippen LogP contribution < -0.4 is 9.47 Å². The summed E-state index contributed by atoms with van der Waals surface area (Å²) in [6, 6.07) is 8.88. The van der Waals surface area contributed by atoms with Crippen LogP contribution in [-0.4, -0.2) is 20.0 Å². The predicted molar refractivity (Wildman–Crippen MR) is 79.0 cm³/mol. The molecular formula is C16H14ClFO3. The smallest absolute Gasteiger partial charge is 0.171 e. The monoisotopic (exact) mass is 308 g/mol. The molecule has 21 heavy (non-hydrogen) atoms. The van der Waals surface area contributed by atoms with Crippen LogP contribution >= 0.6 is 11.6 Å². The average Bonchev–Trinajstić information content (AvgIpc) is 2.50. The van der Waals surface area contributed by atoms with E-state index in [2.05, 4.69) is 0 Å². The van der Waals surface area contributed by atoms with Crippen LogP contribution in [-0.2, 0) is 6.42 Å². The van der Waals surface area contributed by atoms with Gasteiger partial charge in [-0.15, -0.1) is 0 Å². The van der Waals surface area contributed by atoms with E-state index in [1.54, 1.807) is 18.2 Å². The molecule has 0 aliphatic heterocycles. The molecule has 0 bridgehead atoms. The number of benzene rings is 2. The lowest BCUT2D eigenvalue weighted by Crippen LogP contribution is -2.07. The minimum Gasteiger partial charge on any atom is -0.497 e. The molecule has 0 saturated heterocycles. The Bertz CT molecular complexity index is 671. The molecule has 3 nitrogen and oxygen atoms in total. The van der Waals surface area contributed by atoms with Gasteiger partial charge >= 0.3 is 0 Å². The van der Waals surface area contributed by atoms with Crippen molar-refractivity contribution < 1.29 is 18.7 Å². The first-order valence-electron chi connectivity index (χ1n) is 6.24. The quantitative estimate of drug-likeness (QED) is 0.785. The van der Waals surface area contributed by atoms with E-state index in [0.29, 0.717) is 27.6 Å². The Labute approximate surface area is 127 Å². The standard InChI is InChI=1S/C16H14ClFO3/c1-20-12-4-6-16(21-2)13(9-12)15(19)8-10-7-11(18)3-5-14(10)17/h3-7,9H,8H2,1-2H3. The highest BCUT2D eigenvalue weighted by Gasteiger charge is 2.16. The van der Waals surface area contributed by atoms with Gasteiger partial charge in [0.15, 0.2) is 5.78 Å². The zero-order chi connectivity index (χ0) is 15.4. The van der Waals surface area contributed by atoms with Gasteiger partial charge in [0.2, 0.25) is 0 Å². The molecule has 0 aromatic heterocycles. The van der Waals surface area contributed by atoms with E-state index < -0.39 is 5.82 Å². The van der Waals surface area contributed by atoms with Gasteiger partial charge in [0.05, 0.1) is 19.8 Å². The Hall–Kier alpha value is -2.07. The largest absolute Gasteiger partial charge is 0.497 e. The second-order valence-electron chi connectivity index (χ2n) is 4.40. The molecule has 0 unspecified atom stereocenters. The van der Waals surface area contributed by atoms with Gasteiger partial charge in [-0.05, 0) is 42.0 Å². The molecule has 110 valence electrons. The van der Waals surface area contributed by atoms with Crippen LogP contribution in [0.2, 0.25) is 5.02 Å². The number of hydrogen-bond acceptors (Lipinski definition) is 3.